The van der Waals surface area contributed by atoms with Crippen molar-refractivity contribution in [2.75, 3.05) is 19.6 Å². The van der Waals surface area contributed by atoms with Crippen molar-refractivity contribution in [2.45, 2.75) is 57.3 Å². The first-order chi connectivity index (χ1) is 12.1. The molecule has 1 aliphatic carbocycles. The number of nitrogens with one attached hydrogen (secondary N) is 1. The highest BCUT2D eigenvalue weighted by Gasteiger charge is 2.48. The van der Waals surface area contributed by atoms with Gasteiger partial charge in [0.1, 0.15) is 6.10 Å². The molecule has 1 N–H and O–H groups in total. The van der Waals surface area contributed by atoms with Gasteiger partial charge in [-0.25, -0.2) is 0 Å². The molecule has 1 aromatic heterocycles. The van der Waals surface area contributed by atoms with Crippen molar-refractivity contribution in [3.05, 3.63) is 30.1 Å². The van der Waals surface area contributed by atoms with Crippen LogP contribution >= 0.6 is 0 Å². The van der Waals surface area contributed by atoms with E-state index >= 15 is 0 Å². The largest absolute Gasteiger partial charge is 0.362 e. The summed E-state index contributed by atoms with van der Waals surface area (Å²) in [5, 5.41) is 3.08. The van der Waals surface area contributed by atoms with Gasteiger partial charge in [0.2, 0.25) is 5.91 Å². The number of hydrogen-bond acceptors (Lipinski definition) is 4. The fourth-order valence-corrected chi connectivity index (χ4v) is 4.32. The van der Waals surface area contributed by atoms with Crippen molar-refractivity contribution < 1.29 is 9.53 Å². The number of likely N-dealkylation sites (tertiary alicyclic amines) is 1. The number of pyridine rings is 1. The SMILES string of the molecule is C[C@H]1CN(Cc2ccncc2)CC[C@]12CC[C@@H](C(=O)NCC1CC1)O2. The van der Waals surface area contributed by atoms with E-state index in [1.54, 1.807) is 0 Å². The lowest BCUT2D eigenvalue weighted by atomic mass is 9.80. The Morgan fingerprint density at radius 1 is 1.32 bits per heavy atom. The van der Waals surface area contributed by atoms with E-state index in [-0.39, 0.29) is 17.6 Å². The summed E-state index contributed by atoms with van der Waals surface area (Å²) in [6.45, 7) is 6.14. The highest BCUT2D eigenvalue weighted by molar-refractivity contribution is 5.81. The molecule has 3 aliphatic rings. The summed E-state index contributed by atoms with van der Waals surface area (Å²) in [6, 6.07) is 4.17. The van der Waals surface area contributed by atoms with Gasteiger partial charge in [0, 0.05) is 38.6 Å². The van der Waals surface area contributed by atoms with Crippen molar-refractivity contribution in [3.63, 3.8) is 0 Å². The van der Waals surface area contributed by atoms with Crippen LogP contribution in [0.3, 0.4) is 0 Å². The van der Waals surface area contributed by atoms with Gasteiger partial charge in [-0.15, -0.1) is 0 Å². The molecule has 1 spiro atoms. The minimum absolute atomic E-state index is 0.101. The number of rotatable bonds is 5. The molecule has 0 bridgehead atoms. The summed E-state index contributed by atoms with van der Waals surface area (Å²) in [4.78, 5) is 18.9. The lowest BCUT2D eigenvalue weighted by Crippen LogP contribution is -2.51. The standard InChI is InChI=1S/C20H29N3O2/c1-15-13-23(14-17-5-9-21-10-6-17)11-8-20(15)7-4-18(25-20)19(24)22-12-16-2-3-16/h5-6,9-10,15-16,18H,2-4,7-8,11-14H2,1H3,(H,22,24)/t15-,18-,20+/m0/s1. The van der Waals surface area contributed by atoms with E-state index in [2.05, 4.69) is 34.3 Å². The van der Waals surface area contributed by atoms with E-state index in [9.17, 15) is 4.79 Å². The van der Waals surface area contributed by atoms with Gasteiger partial charge >= 0.3 is 0 Å². The molecule has 3 fully saturated rings. The summed E-state index contributed by atoms with van der Waals surface area (Å²) >= 11 is 0. The Hall–Kier alpha value is -1.46. The summed E-state index contributed by atoms with van der Waals surface area (Å²) in [5.74, 6) is 1.27. The number of carbonyl (C=O) groups is 1. The fraction of sp³-hybridized carbons (Fsp3) is 0.700. The topological polar surface area (TPSA) is 54.5 Å². The first kappa shape index (κ1) is 17.0. The van der Waals surface area contributed by atoms with E-state index in [0.29, 0.717) is 5.92 Å². The molecule has 0 aromatic carbocycles. The van der Waals surface area contributed by atoms with Crippen molar-refractivity contribution >= 4 is 5.91 Å². The summed E-state index contributed by atoms with van der Waals surface area (Å²) in [5.41, 5.74) is 1.21. The number of nitrogens with zero attached hydrogens (tertiary/aromatic N) is 2. The summed E-state index contributed by atoms with van der Waals surface area (Å²) < 4.78 is 6.37. The predicted octanol–water partition coefficient (Wildman–Crippen LogP) is 2.37. The van der Waals surface area contributed by atoms with Gasteiger partial charge in [-0.3, -0.25) is 14.7 Å². The average molecular weight is 343 g/mol. The zero-order valence-corrected chi connectivity index (χ0v) is 15.1. The van der Waals surface area contributed by atoms with Gasteiger partial charge in [-0.1, -0.05) is 6.92 Å². The maximum atomic E-state index is 12.4. The molecule has 0 unspecified atom stereocenters. The van der Waals surface area contributed by atoms with Crippen molar-refractivity contribution in [2.24, 2.45) is 11.8 Å². The first-order valence-electron chi connectivity index (χ1n) is 9.71. The van der Waals surface area contributed by atoms with Gasteiger partial charge in [-0.05, 0) is 61.6 Å². The highest BCUT2D eigenvalue weighted by atomic mass is 16.5. The van der Waals surface area contributed by atoms with Crippen LogP contribution in [0.15, 0.2) is 24.5 Å². The molecule has 1 amide bonds. The van der Waals surface area contributed by atoms with E-state index in [4.69, 9.17) is 4.74 Å². The lowest BCUT2D eigenvalue weighted by Gasteiger charge is -2.44. The van der Waals surface area contributed by atoms with Crippen LogP contribution in [0.2, 0.25) is 0 Å². The Bertz CT molecular complexity index is 604. The molecule has 4 rings (SSSR count). The predicted molar refractivity (Wildman–Crippen MR) is 95.9 cm³/mol. The third-order valence-electron chi connectivity index (χ3n) is 6.20. The molecule has 3 heterocycles. The van der Waals surface area contributed by atoms with Crippen LogP contribution in [0.5, 0.6) is 0 Å². The Balaban J connectivity index is 1.30. The Labute approximate surface area is 150 Å². The zero-order valence-electron chi connectivity index (χ0n) is 15.1. The molecule has 0 radical (unpaired) electrons. The number of piperidine rings is 1. The Morgan fingerprint density at radius 2 is 2.12 bits per heavy atom. The minimum Gasteiger partial charge on any atom is -0.362 e. The molecule has 5 nitrogen and oxygen atoms in total. The van der Waals surface area contributed by atoms with Gasteiger partial charge in [0.25, 0.3) is 0 Å². The fourth-order valence-electron chi connectivity index (χ4n) is 4.32. The third-order valence-corrected chi connectivity index (χ3v) is 6.20. The Kier molecular flexibility index (Phi) is 4.78. The maximum absolute atomic E-state index is 12.4. The second kappa shape index (κ2) is 7.04. The number of carbonyl (C=O) groups excluding carboxylic acids is 1. The second-order valence-electron chi connectivity index (χ2n) is 8.14. The van der Waals surface area contributed by atoms with Gasteiger partial charge in [0.15, 0.2) is 0 Å². The minimum atomic E-state index is -0.243. The van der Waals surface area contributed by atoms with Crippen LogP contribution in [0, 0.1) is 11.8 Å². The number of aromatic nitrogens is 1. The third kappa shape index (κ3) is 3.87. The van der Waals surface area contributed by atoms with E-state index in [1.165, 1.54) is 18.4 Å². The average Bonchev–Trinajstić information content (AvgIpc) is 3.35. The number of ether oxygens (including phenoxy) is 1. The normalized spacial score (nSPS) is 32.8. The molecule has 2 aliphatic heterocycles. The summed E-state index contributed by atoms with van der Waals surface area (Å²) in [6.07, 6.45) is 8.90. The van der Waals surface area contributed by atoms with Crippen molar-refractivity contribution in [1.29, 1.82) is 0 Å². The first-order valence-corrected chi connectivity index (χ1v) is 9.71. The Morgan fingerprint density at radius 3 is 2.84 bits per heavy atom. The molecule has 2 saturated heterocycles. The molecule has 5 heteroatoms. The monoisotopic (exact) mass is 343 g/mol. The molecular formula is C20H29N3O2. The van der Waals surface area contributed by atoms with Crippen LogP contribution in [-0.4, -0.2) is 47.1 Å². The molecule has 1 aromatic rings. The highest BCUT2D eigenvalue weighted by Crippen LogP contribution is 2.42. The van der Waals surface area contributed by atoms with Crippen molar-refractivity contribution in [3.8, 4) is 0 Å². The summed E-state index contributed by atoms with van der Waals surface area (Å²) in [7, 11) is 0. The quantitative estimate of drug-likeness (QED) is 0.892. The smallest absolute Gasteiger partial charge is 0.249 e. The number of amides is 1. The molecular weight excluding hydrogens is 314 g/mol. The van der Waals surface area contributed by atoms with Crippen LogP contribution in [-0.2, 0) is 16.1 Å². The van der Waals surface area contributed by atoms with Crippen LogP contribution in [0.1, 0.15) is 44.6 Å². The zero-order chi connectivity index (χ0) is 17.3. The van der Waals surface area contributed by atoms with Gasteiger partial charge in [0.05, 0.1) is 5.60 Å². The van der Waals surface area contributed by atoms with Crippen LogP contribution in [0.4, 0.5) is 0 Å². The van der Waals surface area contributed by atoms with Gasteiger partial charge in [-0.2, -0.15) is 0 Å². The van der Waals surface area contributed by atoms with E-state index < -0.39 is 0 Å². The molecule has 25 heavy (non-hydrogen) atoms. The number of hydrogen-bond donors (Lipinski definition) is 1. The second-order valence-corrected chi connectivity index (χ2v) is 8.14. The lowest BCUT2D eigenvalue weighted by molar-refractivity contribution is -0.147. The van der Waals surface area contributed by atoms with Crippen LogP contribution < -0.4 is 5.32 Å². The molecule has 3 atom stereocenters. The van der Waals surface area contributed by atoms with Crippen molar-refractivity contribution in [1.82, 2.24) is 15.2 Å². The maximum Gasteiger partial charge on any atom is 0.249 e. The van der Waals surface area contributed by atoms with Crippen LogP contribution in [0.25, 0.3) is 0 Å². The van der Waals surface area contributed by atoms with E-state index in [0.717, 1.165) is 51.4 Å². The molecule has 1 saturated carbocycles. The molecule has 136 valence electrons. The van der Waals surface area contributed by atoms with Gasteiger partial charge < -0.3 is 10.1 Å². The van der Waals surface area contributed by atoms with E-state index in [1.807, 2.05) is 12.4 Å².